The number of carbonyl (C=O) groups is 1. The first-order valence-corrected chi connectivity index (χ1v) is 33.9. The van der Waals surface area contributed by atoms with Crippen LogP contribution >= 0.6 is 0 Å². The largest absolute Gasteiger partial charge is 0.394 e. The number of nitrogens with one attached hydrogen (secondary N) is 1. The van der Waals surface area contributed by atoms with E-state index in [2.05, 4.69) is 31.3 Å². The van der Waals surface area contributed by atoms with Crippen LogP contribution in [0.25, 0.3) is 0 Å². The van der Waals surface area contributed by atoms with Gasteiger partial charge in [0, 0.05) is 6.42 Å². The van der Waals surface area contributed by atoms with Gasteiger partial charge in [0.2, 0.25) is 5.91 Å². The molecular formula is C65H123NO18. The lowest BCUT2D eigenvalue weighted by molar-refractivity contribution is -0.379. The fourth-order valence-corrected chi connectivity index (χ4v) is 11.8. The summed E-state index contributed by atoms with van der Waals surface area (Å²) in [7, 11) is 0. The summed E-state index contributed by atoms with van der Waals surface area (Å²) in [5, 5.41) is 120. The molecule has 0 bridgehead atoms. The van der Waals surface area contributed by atoms with E-state index in [9.17, 15) is 61.0 Å². The summed E-state index contributed by atoms with van der Waals surface area (Å²) in [5.74, 6) is -0.240. The lowest BCUT2D eigenvalue weighted by atomic mass is 9.96. The molecule has 12 N–H and O–H groups in total. The van der Waals surface area contributed by atoms with Gasteiger partial charge < -0.3 is 89.9 Å². The predicted octanol–water partition coefficient (Wildman–Crippen LogP) is 8.11. The molecule has 3 aliphatic rings. The molecule has 0 saturated carbocycles. The van der Waals surface area contributed by atoms with Crippen LogP contribution in [0, 0.1) is 0 Å². The minimum absolute atomic E-state index is 0.240. The summed E-state index contributed by atoms with van der Waals surface area (Å²) >= 11 is 0. The number of unbranched alkanes of at least 4 members (excludes halogenated alkanes) is 34. The zero-order chi connectivity index (χ0) is 61.2. The van der Waals surface area contributed by atoms with Crippen molar-refractivity contribution in [2.45, 2.75) is 369 Å². The number of hydrogen-bond donors (Lipinski definition) is 12. The molecule has 0 aliphatic carbocycles. The molecule has 3 rings (SSSR count). The number of hydrogen-bond acceptors (Lipinski definition) is 18. The molecule has 1 amide bonds. The van der Waals surface area contributed by atoms with Gasteiger partial charge in [0.15, 0.2) is 18.9 Å². The summed E-state index contributed by atoms with van der Waals surface area (Å²) < 4.78 is 34.4. The maximum atomic E-state index is 13.4. The van der Waals surface area contributed by atoms with E-state index in [0.29, 0.717) is 12.8 Å². The van der Waals surface area contributed by atoms with Gasteiger partial charge in [-0.3, -0.25) is 4.79 Å². The Bertz CT molecular complexity index is 1580. The van der Waals surface area contributed by atoms with Gasteiger partial charge in [-0.25, -0.2) is 0 Å². The molecule has 84 heavy (non-hydrogen) atoms. The first kappa shape index (κ1) is 76.8. The summed E-state index contributed by atoms with van der Waals surface area (Å²) in [6.07, 6.45) is 24.4. The number of carbonyl (C=O) groups excluding carboxylic acids is 1. The molecule has 3 fully saturated rings. The van der Waals surface area contributed by atoms with E-state index in [4.69, 9.17) is 28.4 Å². The van der Waals surface area contributed by atoms with E-state index >= 15 is 0 Å². The fraction of sp³-hybridized carbons (Fsp3) is 0.954. The molecule has 19 nitrogen and oxygen atoms in total. The third kappa shape index (κ3) is 30.8. The minimum atomic E-state index is -1.97. The third-order valence-corrected chi connectivity index (χ3v) is 17.3. The van der Waals surface area contributed by atoms with Crippen molar-refractivity contribution < 1.29 is 89.4 Å². The second-order valence-electron chi connectivity index (χ2n) is 24.6. The lowest BCUT2D eigenvalue weighted by Crippen LogP contribution is -2.66. The van der Waals surface area contributed by atoms with E-state index in [1.54, 1.807) is 0 Å². The van der Waals surface area contributed by atoms with Crippen molar-refractivity contribution >= 4 is 5.91 Å². The van der Waals surface area contributed by atoms with Crippen molar-refractivity contribution in [2.75, 3.05) is 26.4 Å². The van der Waals surface area contributed by atoms with Gasteiger partial charge in [-0.15, -0.1) is 0 Å². The molecule has 0 aromatic carbocycles. The van der Waals surface area contributed by atoms with Crippen molar-refractivity contribution in [2.24, 2.45) is 0 Å². The summed E-state index contributed by atoms with van der Waals surface area (Å²) in [4.78, 5) is 13.4. The summed E-state index contributed by atoms with van der Waals surface area (Å²) in [6, 6.07) is -0.883. The molecule has 0 spiro atoms. The minimum Gasteiger partial charge on any atom is -0.394 e. The van der Waals surface area contributed by atoms with E-state index in [1.165, 1.54) is 186 Å². The molecule has 0 aromatic heterocycles. The normalized spacial score (nSPS) is 29.2. The molecule has 496 valence electrons. The Morgan fingerprint density at radius 3 is 1.15 bits per heavy atom. The average Bonchev–Trinajstić information content (AvgIpc) is 3.68. The Labute approximate surface area is 506 Å². The van der Waals surface area contributed by atoms with Gasteiger partial charge >= 0.3 is 0 Å². The van der Waals surface area contributed by atoms with Crippen molar-refractivity contribution in [1.82, 2.24) is 5.32 Å². The van der Waals surface area contributed by atoms with E-state index < -0.39 is 124 Å². The van der Waals surface area contributed by atoms with E-state index in [1.807, 2.05) is 0 Å². The van der Waals surface area contributed by atoms with E-state index in [0.717, 1.165) is 44.9 Å². The Balaban J connectivity index is 1.42. The average molecular weight is 1210 g/mol. The van der Waals surface area contributed by atoms with Crippen LogP contribution in [-0.2, 0) is 33.2 Å². The number of amides is 1. The first-order valence-electron chi connectivity index (χ1n) is 33.9. The lowest BCUT2D eigenvalue weighted by Gasteiger charge is -2.48. The predicted molar refractivity (Wildman–Crippen MR) is 323 cm³/mol. The van der Waals surface area contributed by atoms with Crippen molar-refractivity contribution in [3.8, 4) is 0 Å². The molecule has 17 atom stereocenters. The molecule has 19 heteroatoms. The monoisotopic (exact) mass is 1210 g/mol. The second kappa shape index (κ2) is 48.4. The zero-order valence-corrected chi connectivity index (χ0v) is 52.2. The van der Waals surface area contributed by atoms with Gasteiger partial charge in [0.1, 0.15) is 73.2 Å². The van der Waals surface area contributed by atoms with Crippen LogP contribution < -0.4 is 5.32 Å². The molecule has 3 heterocycles. The van der Waals surface area contributed by atoms with Gasteiger partial charge in [-0.1, -0.05) is 231 Å². The first-order chi connectivity index (χ1) is 40.8. The Hall–Kier alpha value is -1.47. The van der Waals surface area contributed by atoms with Crippen LogP contribution in [-0.4, -0.2) is 193 Å². The zero-order valence-electron chi connectivity index (χ0n) is 52.2. The number of allylic oxidation sites excluding steroid dienone is 2. The second-order valence-corrected chi connectivity index (χ2v) is 24.6. The molecular weight excluding hydrogens is 1080 g/mol. The Morgan fingerprint density at radius 2 is 0.750 bits per heavy atom. The van der Waals surface area contributed by atoms with Gasteiger partial charge in [-0.05, 0) is 38.5 Å². The Kier molecular flexibility index (Phi) is 44.2. The van der Waals surface area contributed by atoms with Crippen molar-refractivity contribution in [3.63, 3.8) is 0 Å². The SMILES string of the molecule is CCCCCCCCCC/C=C\CCCCCCCCCCCCCCCC(=O)NC(COC1OC(CO)C(OC2OC(CO)C(OC3OC(CO)C(O)C(O)C3O)C(O)C2O)C(O)C1O)C(O)CCCCCCCCCCCCCCCC. The van der Waals surface area contributed by atoms with Crippen molar-refractivity contribution in [1.29, 1.82) is 0 Å². The molecule has 0 aromatic rings. The maximum absolute atomic E-state index is 13.4. The standard InChI is InChI=1S/C65H123NO18/c1-3-5-7-9-11-13-15-17-19-20-21-22-23-24-25-26-27-28-29-31-33-35-37-39-41-43-53(71)66-48(49(70)42-40-38-36-34-32-30-18-16-14-12-10-8-6-4-2)47-79-63-59(77)56(74)61(51(45-68)81-63)84-65-60(78)57(75)62(52(46-69)82-65)83-64-58(76)55(73)54(72)50(44-67)80-64/h20-21,48-52,54-65,67-70,72-78H,3-19,22-47H2,1-2H3,(H,66,71)/b21-20-. The van der Waals surface area contributed by atoms with Crippen LogP contribution in [0.15, 0.2) is 12.2 Å². The molecule has 3 aliphatic heterocycles. The smallest absolute Gasteiger partial charge is 0.220 e. The molecule has 0 radical (unpaired) electrons. The number of rotatable bonds is 52. The van der Waals surface area contributed by atoms with Gasteiger partial charge in [0.25, 0.3) is 0 Å². The highest BCUT2D eigenvalue weighted by Crippen LogP contribution is 2.33. The summed E-state index contributed by atoms with van der Waals surface area (Å²) in [6.45, 7) is 1.82. The van der Waals surface area contributed by atoms with Crippen LogP contribution in [0.4, 0.5) is 0 Å². The number of aliphatic hydroxyl groups is 11. The van der Waals surface area contributed by atoms with Gasteiger partial charge in [-0.2, -0.15) is 0 Å². The van der Waals surface area contributed by atoms with Crippen LogP contribution in [0.3, 0.4) is 0 Å². The van der Waals surface area contributed by atoms with Crippen LogP contribution in [0.5, 0.6) is 0 Å². The maximum Gasteiger partial charge on any atom is 0.220 e. The fourth-order valence-electron chi connectivity index (χ4n) is 11.8. The highest BCUT2D eigenvalue weighted by atomic mass is 16.8. The number of aliphatic hydroxyl groups excluding tert-OH is 11. The quantitative estimate of drug-likeness (QED) is 0.0202. The highest BCUT2D eigenvalue weighted by molar-refractivity contribution is 5.76. The topological polar surface area (TPSA) is 307 Å². The van der Waals surface area contributed by atoms with Crippen LogP contribution in [0.1, 0.15) is 264 Å². The van der Waals surface area contributed by atoms with E-state index in [-0.39, 0.29) is 18.9 Å². The highest BCUT2D eigenvalue weighted by Gasteiger charge is 2.53. The van der Waals surface area contributed by atoms with Gasteiger partial charge in [0.05, 0.1) is 38.6 Å². The Morgan fingerprint density at radius 1 is 0.417 bits per heavy atom. The third-order valence-electron chi connectivity index (χ3n) is 17.3. The number of ether oxygens (including phenoxy) is 6. The van der Waals surface area contributed by atoms with Crippen LogP contribution in [0.2, 0.25) is 0 Å². The van der Waals surface area contributed by atoms with Crippen molar-refractivity contribution in [3.05, 3.63) is 12.2 Å². The molecule has 3 saturated heterocycles. The summed E-state index contributed by atoms with van der Waals surface area (Å²) in [5.41, 5.74) is 0. The molecule has 17 unspecified atom stereocenters.